The van der Waals surface area contributed by atoms with Gasteiger partial charge in [-0.1, -0.05) is 66.6 Å². The molecule has 0 saturated carbocycles. The van der Waals surface area contributed by atoms with Crippen LogP contribution in [0.1, 0.15) is 31.5 Å². The standard InChI is InChI=1S/C23H20N2O2/c26-22(27)16-10-2-1-9-15-21-24-17-20(18-11-5-3-6-12-18)23(25-21)19-13-7-4-8-14-19/h3-8,11-14,17H,1-2,10,16H2,(H,26,27). The summed E-state index contributed by atoms with van der Waals surface area (Å²) in [5, 5.41) is 8.65. The lowest BCUT2D eigenvalue weighted by Crippen LogP contribution is -1.96. The third-order valence-electron chi connectivity index (χ3n) is 4.06. The Balaban J connectivity index is 1.85. The Morgan fingerprint density at radius 3 is 2.26 bits per heavy atom. The molecule has 0 aliphatic carbocycles. The van der Waals surface area contributed by atoms with Gasteiger partial charge in [-0.3, -0.25) is 4.79 Å². The van der Waals surface area contributed by atoms with Crippen molar-refractivity contribution in [3.63, 3.8) is 0 Å². The van der Waals surface area contributed by atoms with E-state index in [0.29, 0.717) is 18.7 Å². The fourth-order valence-electron chi connectivity index (χ4n) is 2.72. The summed E-state index contributed by atoms with van der Waals surface area (Å²) in [5.74, 6) is 5.76. The molecule has 0 aliphatic rings. The number of aliphatic carboxylic acids is 1. The molecular formula is C23H20N2O2. The number of hydrogen-bond donors (Lipinski definition) is 1. The second kappa shape index (κ2) is 9.30. The summed E-state index contributed by atoms with van der Waals surface area (Å²) in [5.41, 5.74) is 3.90. The summed E-state index contributed by atoms with van der Waals surface area (Å²) in [6, 6.07) is 20.1. The molecule has 2 aromatic carbocycles. The molecule has 0 fully saturated rings. The smallest absolute Gasteiger partial charge is 0.303 e. The zero-order valence-corrected chi connectivity index (χ0v) is 14.9. The van der Waals surface area contributed by atoms with E-state index < -0.39 is 5.97 Å². The van der Waals surface area contributed by atoms with Crippen molar-refractivity contribution in [2.75, 3.05) is 0 Å². The van der Waals surface area contributed by atoms with Crippen LogP contribution in [0.2, 0.25) is 0 Å². The van der Waals surface area contributed by atoms with Gasteiger partial charge in [-0.15, -0.1) is 0 Å². The van der Waals surface area contributed by atoms with Crippen LogP contribution in [0.4, 0.5) is 0 Å². The van der Waals surface area contributed by atoms with Gasteiger partial charge in [0, 0.05) is 30.2 Å². The second-order valence-electron chi connectivity index (χ2n) is 6.09. The zero-order chi connectivity index (χ0) is 18.9. The van der Waals surface area contributed by atoms with Crippen LogP contribution in [0, 0.1) is 11.8 Å². The number of rotatable bonds is 6. The molecule has 1 heterocycles. The maximum atomic E-state index is 10.5. The molecule has 0 amide bonds. The lowest BCUT2D eigenvalue weighted by atomic mass is 10.0. The lowest BCUT2D eigenvalue weighted by Gasteiger charge is -2.09. The Morgan fingerprint density at radius 1 is 0.926 bits per heavy atom. The van der Waals surface area contributed by atoms with Crippen molar-refractivity contribution in [3.8, 4) is 34.2 Å². The number of carbonyl (C=O) groups is 1. The van der Waals surface area contributed by atoms with Crippen molar-refractivity contribution < 1.29 is 9.90 Å². The largest absolute Gasteiger partial charge is 0.481 e. The topological polar surface area (TPSA) is 63.1 Å². The van der Waals surface area contributed by atoms with E-state index in [4.69, 9.17) is 5.11 Å². The number of benzene rings is 2. The molecule has 4 nitrogen and oxygen atoms in total. The summed E-state index contributed by atoms with van der Waals surface area (Å²) in [6.07, 6.45) is 4.03. The third kappa shape index (κ3) is 5.26. The first-order valence-electron chi connectivity index (χ1n) is 8.92. The van der Waals surface area contributed by atoms with Crippen molar-refractivity contribution in [2.24, 2.45) is 0 Å². The predicted molar refractivity (Wildman–Crippen MR) is 106 cm³/mol. The molecule has 1 aromatic heterocycles. The normalized spacial score (nSPS) is 10.1. The molecule has 0 atom stereocenters. The number of carboxylic acids is 1. The van der Waals surface area contributed by atoms with Crippen molar-refractivity contribution >= 4 is 5.97 Å². The van der Waals surface area contributed by atoms with Gasteiger partial charge in [-0.2, -0.15) is 0 Å². The molecule has 0 unspecified atom stereocenters. The maximum Gasteiger partial charge on any atom is 0.303 e. The third-order valence-corrected chi connectivity index (χ3v) is 4.06. The van der Waals surface area contributed by atoms with Crippen LogP contribution in [-0.2, 0) is 4.79 Å². The van der Waals surface area contributed by atoms with Gasteiger partial charge in [-0.25, -0.2) is 9.97 Å². The van der Waals surface area contributed by atoms with E-state index in [0.717, 1.165) is 28.8 Å². The molecule has 1 N–H and O–H groups in total. The summed E-state index contributed by atoms with van der Waals surface area (Å²) in [6.45, 7) is 0. The fourth-order valence-corrected chi connectivity index (χ4v) is 2.72. The molecule has 0 bridgehead atoms. The minimum absolute atomic E-state index is 0.183. The van der Waals surface area contributed by atoms with Crippen molar-refractivity contribution in [2.45, 2.75) is 25.7 Å². The zero-order valence-electron chi connectivity index (χ0n) is 14.9. The van der Waals surface area contributed by atoms with E-state index in [2.05, 4.69) is 21.8 Å². The van der Waals surface area contributed by atoms with Gasteiger partial charge in [0.2, 0.25) is 5.82 Å². The summed E-state index contributed by atoms with van der Waals surface area (Å²) >= 11 is 0. The second-order valence-corrected chi connectivity index (χ2v) is 6.09. The van der Waals surface area contributed by atoms with Crippen molar-refractivity contribution in [1.82, 2.24) is 9.97 Å². The Kier molecular flexibility index (Phi) is 6.32. The number of aromatic nitrogens is 2. The Hall–Kier alpha value is -3.45. The van der Waals surface area contributed by atoms with Crippen LogP contribution >= 0.6 is 0 Å². The van der Waals surface area contributed by atoms with Gasteiger partial charge in [0.05, 0.1) is 5.69 Å². The maximum absolute atomic E-state index is 10.5. The van der Waals surface area contributed by atoms with Crippen LogP contribution in [0.5, 0.6) is 0 Å². The van der Waals surface area contributed by atoms with Crippen molar-refractivity contribution in [3.05, 3.63) is 72.7 Å². The molecule has 0 aliphatic heterocycles. The molecule has 0 saturated heterocycles. The van der Waals surface area contributed by atoms with Gasteiger partial charge >= 0.3 is 5.97 Å². The van der Waals surface area contributed by atoms with Crippen LogP contribution in [0.15, 0.2) is 66.9 Å². The summed E-state index contributed by atoms with van der Waals surface area (Å²) in [7, 11) is 0. The highest BCUT2D eigenvalue weighted by molar-refractivity contribution is 5.80. The van der Waals surface area contributed by atoms with E-state index in [9.17, 15) is 4.79 Å². The van der Waals surface area contributed by atoms with Crippen molar-refractivity contribution in [1.29, 1.82) is 0 Å². The van der Waals surface area contributed by atoms with Crippen LogP contribution in [-0.4, -0.2) is 21.0 Å². The number of unbranched alkanes of at least 4 members (excludes halogenated alkanes) is 2. The summed E-state index contributed by atoms with van der Waals surface area (Å²) < 4.78 is 0. The lowest BCUT2D eigenvalue weighted by molar-refractivity contribution is -0.137. The quantitative estimate of drug-likeness (QED) is 0.509. The van der Waals surface area contributed by atoms with Crippen LogP contribution in [0.25, 0.3) is 22.4 Å². The fraction of sp³-hybridized carbons (Fsp3) is 0.174. The first kappa shape index (κ1) is 18.3. The molecule has 134 valence electrons. The first-order chi connectivity index (χ1) is 13.2. The highest BCUT2D eigenvalue weighted by Crippen LogP contribution is 2.29. The molecule has 0 radical (unpaired) electrons. The van der Waals surface area contributed by atoms with E-state index in [-0.39, 0.29) is 6.42 Å². The molecule has 3 aromatic rings. The van der Waals surface area contributed by atoms with E-state index in [1.807, 2.05) is 66.9 Å². The highest BCUT2D eigenvalue weighted by Gasteiger charge is 2.10. The Morgan fingerprint density at radius 2 is 1.59 bits per heavy atom. The van der Waals surface area contributed by atoms with Crippen LogP contribution < -0.4 is 0 Å². The minimum Gasteiger partial charge on any atom is -0.481 e. The number of carboxylic acid groups (broad SMARTS) is 1. The van der Waals surface area contributed by atoms with E-state index in [1.54, 1.807) is 0 Å². The predicted octanol–water partition coefficient (Wildman–Crippen LogP) is 4.81. The van der Waals surface area contributed by atoms with E-state index >= 15 is 0 Å². The molecule has 3 rings (SSSR count). The highest BCUT2D eigenvalue weighted by atomic mass is 16.4. The SMILES string of the molecule is O=C(O)CCCCC#Cc1ncc(-c2ccccc2)c(-c2ccccc2)n1. The Bertz CT molecular complexity index is 958. The number of nitrogens with zero attached hydrogens (tertiary/aromatic N) is 2. The van der Waals surface area contributed by atoms with E-state index in [1.165, 1.54) is 0 Å². The summed E-state index contributed by atoms with van der Waals surface area (Å²) in [4.78, 5) is 19.6. The van der Waals surface area contributed by atoms with Gasteiger partial charge < -0.3 is 5.11 Å². The molecule has 0 spiro atoms. The monoisotopic (exact) mass is 356 g/mol. The Labute approximate surface area is 158 Å². The number of hydrogen-bond acceptors (Lipinski definition) is 3. The molecule has 27 heavy (non-hydrogen) atoms. The average Bonchev–Trinajstić information content (AvgIpc) is 2.71. The molecule has 4 heteroatoms. The van der Waals surface area contributed by atoms with Gasteiger partial charge in [0.1, 0.15) is 0 Å². The average molecular weight is 356 g/mol. The van der Waals surface area contributed by atoms with Gasteiger partial charge in [-0.05, 0) is 24.3 Å². The molecular weight excluding hydrogens is 336 g/mol. The van der Waals surface area contributed by atoms with Crippen LogP contribution in [0.3, 0.4) is 0 Å². The minimum atomic E-state index is -0.768. The first-order valence-corrected chi connectivity index (χ1v) is 8.92. The van der Waals surface area contributed by atoms with Gasteiger partial charge in [0.25, 0.3) is 0 Å². The van der Waals surface area contributed by atoms with Gasteiger partial charge in [0.15, 0.2) is 0 Å².